The van der Waals surface area contributed by atoms with E-state index in [0.29, 0.717) is 22.6 Å². The van der Waals surface area contributed by atoms with Crippen molar-refractivity contribution in [2.45, 2.75) is 36.1 Å². The highest BCUT2D eigenvalue weighted by atomic mass is 35.5. The quantitative estimate of drug-likeness (QED) is 0.437. The number of alkyl halides is 3. The van der Waals surface area contributed by atoms with Crippen LogP contribution in [-0.2, 0) is 9.84 Å². The van der Waals surface area contributed by atoms with Crippen LogP contribution in [0.3, 0.4) is 0 Å². The predicted molar refractivity (Wildman–Crippen MR) is 115 cm³/mol. The van der Waals surface area contributed by atoms with Crippen molar-refractivity contribution in [1.29, 1.82) is 5.26 Å². The van der Waals surface area contributed by atoms with Crippen molar-refractivity contribution in [3.05, 3.63) is 68.7 Å². The molecule has 1 saturated heterocycles. The van der Waals surface area contributed by atoms with Crippen molar-refractivity contribution in [2.75, 3.05) is 12.0 Å². The highest BCUT2D eigenvalue weighted by Gasteiger charge is 2.53. The van der Waals surface area contributed by atoms with Gasteiger partial charge in [0.1, 0.15) is 11.1 Å². The number of piperidine rings is 1. The van der Waals surface area contributed by atoms with E-state index in [4.69, 9.17) is 11.6 Å². The largest absolute Gasteiger partial charge is 0.499 e. The summed E-state index contributed by atoms with van der Waals surface area (Å²) in [4.78, 5) is 10.8. The van der Waals surface area contributed by atoms with Crippen molar-refractivity contribution in [3.63, 3.8) is 0 Å². The molecule has 1 heterocycles. The number of nitrogens with one attached hydrogen (secondary N) is 1. The number of anilines is 1. The second-order valence-corrected chi connectivity index (χ2v) is 9.93. The van der Waals surface area contributed by atoms with Crippen molar-refractivity contribution in [2.24, 2.45) is 0 Å². The Morgan fingerprint density at radius 1 is 1.18 bits per heavy atom. The molecule has 33 heavy (non-hydrogen) atoms. The van der Waals surface area contributed by atoms with E-state index < -0.39 is 37.2 Å². The number of benzene rings is 2. The van der Waals surface area contributed by atoms with E-state index in [1.807, 2.05) is 0 Å². The fourth-order valence-electron chi connectivity index (χ4n) is 3.64. The monoisotopic (exact) mass is 502 g/mol. The third-order valence-corrected chi connectivity index (χ3v) is 7.38. The maximum atomic E-state index is 13.2. The zero-order valence-corrected chi connectivity index (χ0v) is 18.5. The van der Waals surface area contributed by atoms with Gasteiger partial charge in [0.2, 0.25) is 0 Å². The first-order chi connectivity index (χ1) is 15.5. The van der Waals surface area contributed by atoms with Crippen LogP contribution in [0.5, 0.6) is 0 Å². The van der Waals surface area contributed by atoms with Crippen LogP contribution in [0.25, 0.3) is 0 Å². The molecular weight excluding hydrogens is 485 g/mol. The fourth-order valence-corrected chi connectivity index (χ4v) is 5.04. The van der Waals surface area contributed by atoms with Crippen LogP contribution >= 0.6 is 11.6 Å². The zero-order valence-electron chi connectivity index (χ0n) is 16.9. The summed E-state index contributed by atoms with van der Waals surface area (Å²) < 4.78 is 63.7. The van der Waals surface area contributed by atoms with Gasteiger partial charge in [-0.1, -0.05) is 29.8 Å². The molecule has 0 aliphatic carbocycles. The van der Waals surface area contributed by atoms with Crippen molar-refractivity contribution in [1.82, 2.24) is 5.01 Å². The Labute approximate surface area is 192 Å². The van der Waals surface area contributed by atoms with Gasteiger partial charge < -0.3 is 5.43 Å². The number of nitriles is 1. The maximum Gasteiger partial charge on any atom is 0.499 e. The summed E-state index contributed by atoms with van der Waals surface area (Å²) in [6, 6.07) is 12.2. The topological polar surface area (TPSA) is 116 Å². The zero-order chi connectivity index (χ0) is 24.4. The van der Waals surface area contributed by atoms with Gasteiger partial charge in [-0.3, -0.25) is 10.1 Å². The Morgan fingerprint density at radius 3 is 2.39 bits per heavy atom. The summed E-state index contributed by atoms with van der Waals surface area (Å²) in [6.45, 7) is -0.0692. The van der Waals surface area contributed by atoms with Crippen LogP contribution in [0.2, 0.25) is 5.02 Å². The lowest BCUT2D eigenvalue weighted by molar-refractivity contribution is -0.384. The van der Waals surface area contributed by atoms with Gasteiger partial charge in [0.15, 0.2) is 0 Å². The molecule has 1 aliphatic rings. The number of rotatable bonds is 6. The molecule has 2 aromatic rings. The average Bonchev–Trinajstić information content (AvgIpc) is 2.75. The Kier molecular flexibility index (Phi) is 7.16. The number of hydrogen-bond donors (Lipinski definition) is 1. The SMILES string of the molecule is N#CC(c1ccc(Cl)cc1)c1ccc([N+](=O)[O-])c(NN2CCCCC2S(=O)(=O)C(F)(F)F)c1. The second-order valence-electron chi connectivity index (χ2n) is 7.39. The van der Waals surface area contributed by atoms with Crippen LogP contribution in [0.15, 0.2) is 42.5 Å². The van der Waals surface area contributed by atoms with Gasteiger partial charge in [-0.05, 0) is 48.6 Å². The molecule has 8 nitrogen and oxygen atoms in total. The van der Waals surface area contributed by atoms with Crippen LogP contribution in [0.4, 0.5) is 24.5 Å². The smallest absolute Gasteiger partial charge is 0.312 e. The number of hydrazine groups is 1. The van der Waals surface area contributed by atoms with E-state index in [-0.39, 0.29) is 25.1 Å². The molecule has 2 unspecified atom stereocenters. The molecule has 0 radical (unpaired) electrons. The average molecular weight is 503 g/mol. The summed E-state index contributed by atoms with van der Waals surface area (Å²) in [7, 11) is -5.55. The standard InChI is InChI=1S/C20H18ClF3N4O4S/c21-15-7-4-13(5-8-15)16(12-25)14-6-9-18(28(29)30)17(11-14)26-27-10-2-1-3-19(27)33(31,32)20(22,23)24/h4-9,11,16,19,26H,1-3,10H2. The lowest BCUT2D eigenvalue weighted by Crippen LogP contribution is -2.51. The van der Waals surface area contributed by atoms with E-state index in [1.165, 1.54) is 12.1 Å². The molecule has 1 N–H and O–H groups in total. The number of nitrogens with zero attached hydrogens (tertiary/aromatic N) is 3. The normalized spacial score (nSPS) is 18.3. The molecule has 2 atom stereocenters. The number of sulfone groups is 1. The van der Waals surface area contributed by atoms with Crippen molar-refractivity contribution in [3.8, 4) is 6.07 Å². The molecule has 3 rings (SSSR count). The minimum Gasteiger partial charge on any atom is -0.312 e. The molecule has 176 valence electrons. The van der Waals surface area contributed by atoms with E-state index in [1.54, 1.807) is 24.3 Å². The summed E-state index contributed by atoms with van der Waals surface area (Å²) >= 11 is 5.87. The number of nitro benzene ring substituents is 1. The van der Waals surface area contributed by atoms with Crippen LogP contribution in [-0.4, -0.2) is 35.8 Å². The molecule has 1 aliphatic heterocycles. The Morgan fingerprint density at radius 2 is 1.82 bits per heavy atom. The van der Waals surface area contributed by atoms with Gasteiger partial charge in [-0.25, -0.2) is 13.4 Å². The first-order valence-electron chi connectivity index (χ1n) is 9.72. The third kappa shape index (κ3) is 5.21. The minimum absolute atomic E-state index is 0.0692. The van der Waals surface area contributed by atoms with Crippen molar-refractivity contribution < 1.29 is 26.5 Å². The van der Waals surface area contributed by atoms with Gasteiger partial charge in [-0.15, -0.1) is 0 Å². The third-order valence-electron chi connectivity index (χ3n) is 5.28. The van der Waals surface area contributed by atoms with E-state index in [9.17, 15) is 37.0 Å². The predicted octanol–water partition coefficient (Wildman–Crippen LogP) is 4.98. The summed E-state index contributed by atoms with van der Waals surface area (Å²) in [6.07, 6.45) is 0.372. The van der Waals surface area contributed by atoms with Gasteiger partial charge in [0.05, 0.1) is 16.9 Å². The molecule has 0 saturated carbocycles. The molecule has 0 bridgehead atoms. The number of hydrogen-bond acceptors (Lipinski definition) is 7. The number of halogens is 4. The molecule has 13 heteroatoms. The highest BCUT2D eigenvalue weighted by molar-refractivity contribution is 7.92. The maximum absolute atomic E-state index is 13.2. The second kappa shape index (κ2) is 9.54. The summed E-state index contributed by atoms with van der Waals surface area (Å²) in [5, 5.41) is 20.6. The fraction of sp³-hybridized carbons (Fsp3) is 0.350. The summed E-state index contributed by atoms with van der Waals surface area (Å²) in [5.74, 6) is -0.848. The van der Waals surface area contributed by atoms with E-state index >= 15 is 0 Å². The first kappa shape index (κ1) is 24.8. The van der Waals surface area contributed by atoms with Crippen LogP contribution in [0.1, 0.15) is 36.3 Å². The number of nitro groups is 1. The van der Waals surface area contributed by atoms with E-state index in [0.717, 1.165) is 11.1 Å². The highest BCUT2D eigenvalue weighted by Crippen LogP contribution is 2.36. The van der Waals surface area contributed by atoms with Gasteiger partial charge >= 0.3 is 5.51 Å². The first-order valence-corrected chi connectivity index (χ1v) is 11.6. The summed E-state index contributed by atoms with van der Waals surface area (Å²) in [5.41, 5.74) is -2.75. The molecule has 0 amide bonds. The Hall–Kier alpha value is -2.88. The van der Waals surface area contributed by atoms with E-state index in [2.05, 4.69) is 11.5 Å². The lowest BCUT2D eigenvalue weighted by atomic mass is 9.92. The Balaban J connectivity index is 2.01. The van der Waals surface area contributed by atoms with Crippen LogP contribution < -0.4 is 5.43 Å². The van der Waals surface area contributed by atoms with Crippen molar-refractivity contribution >= 4 is 32.8 Å². The molecule has 0 spiro atoms. The minimum atomic E-state index is -5.55. The Bertz CT molecular complexity index is 1180. The van der Waals surface area contributed by atoms with Gasteiger partial charge in [-0.2, -0.15) is 18.4 Å². The van der Waals surface area contributed by atoms with Gasteiger partial charge in [0.25, 0.3) is 15.5 Å². The molecular formula is C20H18ClF3N4O4S. The molecule has 0 aromatic heterocycles. The van der Waals surface area contributed by atoms with Crippen LogP contribution in [0, 0.1) is 21.4 Å². The lowest BCUT2D eigenvalue weighted by Gasteiger charge is -2.35. The molecule has 2 aromatic carbocycles. The molecule has 1 fully saturated rings. The van der Waals surface area contributed by atoms with Gasteiger partial charge in [0, 0.05) is 17.6 Å².